The molecule has 0 amide bonds. The molecule has 0 aliphatic carbocycles. The average Bonchev–Trinajstić information content (AvgIpc) is 2.40. The number of aliphatic hydroxyl groups excluding tert-OH is 1. The first kappa shape index (κ1) is 12.6. The minimum atomic E-state index is -0.342. The molecule has 94 valence electrons. The highest BCUT2D eigenvalue weighted by Gasteiger charge is 2.36. The van der Waals surface area contributed by atoms with Gasteiger partial charge in [-0.3, -0.25) is 0 Å². The second-order valence-corrected chi connectivity index (χ2v) is 5.51. The van der Waals surface area contributed by atoms with E-state index in [2.05, 4.69) is 26.0 Å². The minimum Gasteiger partial charge on any atom is -0.392 e. The van der Waals surface area contributed by atoms with Crippen molar-refractivity contribution in [3.8, 4) is 0 Å². The molecule has 2 atom stereocenters. The van der Waals surface area contributed by atoms with E-state index in [0.717, 1.165) is 19.4 Å². The van der Waals surface area contributed by atoms with Gasteiger partial charge in [0.15, 0.2) is 0 Å². The molecular weight excluding hydrogens is 212 g/mol. The molecule has 0 radical (unpaired) electrons. The van der Waals surface area contributed by atoms with E-state index in [1.165, 1.54) is 5.56 Å². The van der Waals surface area contributed by atoms with Gasteiger partial charge in [0.25, 0.3) is 0 Å². The van der Waals surface area contributed by atoms with Gasteiger partial charge in [0.05, 0.1) is 12.7 Å². The molecule has 0 saturated carbocycles. The van der Waals surface area contributed by atoms with Crippen molar-refractivity contribution in [2.75, 3.05) is 13.2 Å². The molecule has 1 heterocycles. The molecule has 0 bridgehead atoms. The summed E-state index contributed by atoms with van der Waals surface area (Å²) in [4.78, 5) is 0. The van der Waals surface area contributed by atoms with Crippen molar-refractivity contribution >= 4 is 0 Å². The monoisotopic (exact) mass is 234 g/mol. The molecule has 1 aliphatic rings. The van der Waals surface area contributed by atoms with Crippen LogP contribution in [0.4, 0.5) is 0 Å². The van der Waals surface area contributed by atoms with E-state index in [9.17, 15) is 5.11 Å². The summed E-state index contributed by atoms with van der Waals surface area (Å²) in [6.45, 7) is 5.76. The van der Waals surface area contributed by atoms with E-state index in [4.69, 9.17) is 4.74 Å². The molecule has 1 fully saturated rings. The number of benzene rings is 1. The Hall–Kier alpha value is -0.860. The second kappa shape index (κ2) is 5.19. The SMILES string of the molecule is CC(C)(c1ccccc1)C(O)C1CCCOC1. The molecule has 0 spiro atoms. The predicted octanol–water partition coefficient (Wildman–Crippen LogP) is 2.75. The van der Waals surface area contributed by atoms with E-state index in [-0.39, 0.29) is 17.4 Å². The smallest absolute Gasteiger partial charge is 0.0681 e. The Morgan fingerprint density at radius 1 is 1.29 bits per heavy atom. The van der Waals surface area contributed by atoms with Gasteiger partial charge in [0, 0.05) is 17.9 Å². The lowest BCUT2D eigenvalue weighted by molar-refractivity contribution is -0.0365. The van der Waals surface area contributed by atoms with Gasteiger partial charge in [0.2, 0.25) is 0 Å². The van der Waals surface area contributed by atoms with Gasteiger partial charge in [-0.25, -0.2) is 0 Å². The van der Waals surface area contributed by atoms with Gasteiger partial charge in [-0.15, -0.1) is 0 Å². The highest BCUT2D eigenvalue weighted by Crippen LogP contribution is 2.33. The molecule has 1 aliphatic heterocycles. The number of hydrogen-bond donors (Lipinski definition) is 1. The zero-order valence-corrected chi connectivity index (χ0v) is 10.7. The third-order valence-electron chi connectivity index (χ3n) is 3.90. The highest BCUT2D eigenvalue weighted by atomic mass is 16.5. The molecular formula is C15H22O2. The summed E-state index contributed by atoms with van der Waals surface area (Å²) in [6.07, 6.45) is 1.79. The first-order chi connectivity index (χ1) is 8.12. The molecule has 1 aromatic rings. The summed E-state index contributed by atoms with van der Waals surface area (Å²) in [7, 11) is 0. The first-order valence-electron chi connectivity index (χ1n) is 6.43. The van der Waals surface area contributed by atoms with E-state index in [1.807, 2.05) is 18.2 Å². The van der Waals surface area contributed by atoms with Crippen LogP contribution < -0.4 is 0 Å². The van der Waals surface area contributed by atoms with Gasteiger partial charge >= 0.3 is 0 Å². The lowest BCUT2D eigenvalue weighted by Crippen LogP contribution is -2.42. The van der Waals surface area contributed by atoms with Gasteiger partial charge in [-0.2, -0.15) is 0 Å². The molecule has 1 saturated heterocycles. The van der Waals surface area contributed by atoms with Crippen LogP contribution in [0.2, 0.25) is 0 Å². The largest absolute Gasteiger partial charge is 0.392 e. The van der Waals surface area contributed by atoms with Crippen molar-refractivity contribution in [1.29, 1.82) is 0 Å². The van der Waals surface area contributed by atoms with Crippen LogP contribution in [0, 0.1) is 5.92 Å². The van der Waals surface area contributed by atoms with Crippen molar-refractivity contribution in [2.24, 2.45) is 5.92 Å². The van der Waals surface area contributed by atoms with Crippen LogP contribution in [0.15, 0.2) is 30.3 Å². The summed E-state index contributed by atoms with van der Waals surface area (Å²) < 4.78 is 5.47. The zero-order chi connectivity index (χ0) is 12.3. The maximum atomic E-state index is 10.6. The summed E-state index contributed by atoms with van der Waals surface area (Å²) in [5, 5.41) is 10.6. The van der Waals surface area contributed by atoms with Crippen LogP contribution in [0.3, 0.4) is 0 Å². The van der Waals surface area contributed by atoms with E-state index >= 15 is 0 Å². The lowest BCUT2D eigenvalue weighted by Gasteiger charge is -2.38. The molecule has 2 heteroatoms. The van der Waals surface area contributed by atoms with Crippen LogP contribution in [0.5, 0.6) is 0 Å². The van der Waals surface area contributed by atoms with Crippen LogP contribution in [-0.4, -0.2) is 24.4 Å². The first-order valence-corrected chi connectivity index (χ1v) is 6.43. The van der Waals surface area contributed by atoms with Crippen molar-refractivity contribution in [2.45, 2.75) is 38.2 Å². The third kappa shape index (κ3) is 2.70. The summed E-state index contributed by atoms with van der Waals surface area (Å²) in [5.41, 5.74) is 0.977. The maximum absolute atomic E-state index is 10.6. The standard InChI is InChI=1S/C15H22O2/c1-15(2,13-8-4-3-5-9-13)14(16)12-7-6-10-17-11-12/h3-5,8-9,12,14,16H,6-7,10-11H2,1-2H3. The average molecular weight is 234 g/mol. The molecule has 2 unspecified atom stereocenters. The quantitative estimate of drug-likeness (QED) is 0.871. The Balaban J connectivity index is 2.14. The molecule has 17 heavy (non-hydrogen) atoms. The van der Waals surface area contributed by atoms with E-state index < -0.39 is 0 Å². The zero-order valence-electron chi connectivity index (χ0n) is 10.7. The Kier molecular flexibility index (Phi) is 3.85. The second-order valence-electron chi connectivity index (χ2n) is 5.51. The van der Waals surface area contributed by atoms with Crippen LogP contribution >= 0.6 is 0 Å². The molecule has 1 N–H and O–H groups in total. The predicted molar refractivity (Wildman–Crippen MR) is 69.0 cm³/mol. The van der Waals surface area contributed by atoms with E-state index in [0.29, 0.717) is 6.61 Å². The van der Waals surface area contributed by atoms with Crippen LogP contribution in [-0.2, 0) is 10.2 Å². The highest BCUT2D eigenvalue weighted by molar-refractivity contribution is 5.25. The van der Waals surface area contributed by atoms with Crippen molar-refractivity contribution < 1.29 is 9.84 Å². The number of rotatable bonds is 3. The minimum absolute atomic E-state index is 0.216. The summed E-state index contributed by atoms with van der Waals surface area (Å²) in [6, 6.07) is 10.2. The normalized spacial score (nSPS) is 23.4. The molecule has 2 nitrogen and oxygen atoms in total. The molecule has 0 aromatic heterocycles. The fourth-order valence-corrected chi connectivity index (χ4v) is 2.64. The fourth-order valence-electron chi connectivity index (χ4n) is 2.64. The Morgan fingerprint density at radius 3 is 2.59 bits per heavy atom. The number of hydrogen-bond acceptors (Lipinski definition) is 2. The number of aliphatic hydroxyl groups is 1. The fraction of sp³-hybridized carbons (Fsp3) is 0.600. The Bertz CT molecular complexity index is 339. The van der Waals surface area contributed by atoms with Gasteiger partial charge in [-0.05, 0) is 18.4 Å². The van der Waals surface area contributed by atoms with Crippen molar-refractivity contribution in [3.63, 3.8) is 0 Å². The molecule has 1 aromatic carbocycles. The lowest BCUT2D eigenvalue weighted by atomic mass is 9.73. The van der Waals surface area contributed by atoms with Gasteiger partial charge < -0.3 is 9.84 Å². The summed E-state index contributed by atoms with van der Waals surface area (Å²) in [5.74, 6) is 0.263. The Labute approximate surface area is 104 Å². The number of ether oxygens (including phenoxy) is 1. The molecule has 2 rings (SSSR count). The maximum Gasteiger partial charge on any atom is 0.0681 e. The van der Waals surface area contributed by atoms with Crippen molar-refractivity contribution in [1.82, 2.24) is 0 Å². The van der Waals surface area contributed by atoms with Gasteiger partial charge in [0.1, 0.15) is 0 Å². The van der Waals surface area contributed by atoms with Crippen LogP contribution in [0.1, 0.15) is 32.3 Å². The van der Waals surface area contributed by atoms with Crippen molar-refractivity contribution in [3.05, 3.63) is 35.9 Å². The van der Waals surface area contributed by atoms with Crippen LogP contribution in [0.25, 0.3) is 0 Å². The van der Waals surface area contributed by atoms with Gasteiger partial charge in [-0.1, -0.05) is 44.2 Å². The van der Waals surface area contributed by atoms with E-state index in [1.54, 1.807) is 0 Å². The topological polar surface area (TPSA) is 29.5 Å². The summed E-state index contributed by atoms with van der Waals surface area (Å²) >= 11 is 0. The Morgan fingerprint density at radius 2 is 2.00 bits per heavy atom. The third-order valence-corrected chi connectivity index (χ3v) is 3.90.